The van der Waals surface area contributed by atoms with Crippen LogP contribution in [0.5, 0.6) is 5.75 Å². The highest BCUT2D eigenvalue weighted by Gasteiger charge is 2.55. The lowest BCUT2D eigenvalue weighted by molar-refractivity contribution is -0.149. The number of carbonyl (C=O) groups excluding carboxylic acids is 1. The summed E-state index contributed by atoms with van der Waals surface area (Å²) in [5, 5.41) is 21.9. The second-order valence-electron chi connectivity index (χ2n) is 7.15. The summed E-state index contributed by atoms with van der Waals surface area (Å²) in [4.78, 5) is 25.8. The molecule has 6 heteroatoms. The van der Waals surface area contributed by atoms with Crippen LogP contribution in [-0.4, -0.2) is 46.2 Å². The molecule has 2 aliphatic rings. The Morgan fingerprint density at radius 1 is 1.38 bits per heavy atom. The van der Waals surface area contributed by atoms with Crippen molar-refractivity contribution in [3.05, 3.63) is 29.8 Å². The molecule has 1 aliphatic heterocycles. The minimum Gasteiger partial charge on any atom is -0.508 e. The molecule has 130 valence electrons. The standard InChI is InChI=1S/C18H24N2O4/c1-12(9-13-4-6-15(21)7-5-13)19-17(24)20-10-14-3-2-8-18(14,11-20)16(22)23/h4-7,12,14,21H,2-3,8-11H2,1H3,(H,19,24)(H,22,23)/t12?,14-,18+/m0/s1. The van der Waals surface area contributed by atoms with Crippen molar-refractivity contribution in [2.24, 2.45) is 11.3 Å². The van der Waals surface area contributed by atoms with Gasteiger partial charge >= 0.3 is 12.0 Å². The smallest absolute Gasteiger partial charge is 0.317 e. The number of amides is 2. The number of rotatable bonds is 4. The average Bonchev–Trinajstić information content (AvgIpc) is 3.07. The minimum absolute atomic E-state index is 0.0664. The number of carboxylic acid groups (broad SMARTS) is 1. The number of benzene rings is 1. The zero-order valence-corrected chi connectivity index (χ0v) is 13.9. The van der Waals surface area contributed by atoms with Crippen LogP contribution in [-0.2, 0) is 11.2 Å². The molecule has 6 nitrogen and oxygen atoms in total. The topological polar surface area (TPSA) is 89.9 Å². The molecule has 24 heavy (non-hydrogen) atoms. The zero-order chi connectivity index (χ0) is 17.3. The molecule has 3 atom stereocenters. The first-order chi connectivity index (χ1) is 11.4. The second-order valence-corrected chi connectivity index (χ2v) is 7.15. The number of phenolic OH excluding ortho intramolecular Hbond substituents is 1. The number of hydrogen-bond acceptors (Lipinski definition) is 3. The predicted octanol–water partition coefficient (Wildman–Crippen LogP) is 2.22. The molecule has 3 N–H and O–H groups in total. The molecular formula is C18H24N2O4. The number of urea groups is 1. The van der Waals surface area contributed by atoms with Gasteiger partial charge in [-0.25, -0.2) is 4.79 Å². The number of phenols is 1. The Labute approximate surface area is 141 Å². The van der Waals surface area contributed by atoms with Crippen molar-refractivity contribution in [3.8, 4) is 5.75 Å². The van der Waals surface area contributed by atoms with Gasteiger partial charge in [-0.3, -0.25) is 4.79 Å². The number of aliphatic carboxylic acids is 1. The van der Waals surface area contributed by atoms with Crippen molar-refractivity contribution in [2.45, 2.75) is 38.6 Å². The Balaban J connectivity index is 1.57. The molecule has 3 rings (SSSR count). The van der Waals surface area contributed by atoms with E-state index < -0.39 is 11.4 Å². The van der Waals surface area contributed by atoms with E-state index in [1.54, 1.807) is 17.0 Å². The predicted molar refractivity (Wildman–Crippen MR) is 88.8 cm³/mol. The third-order valence-electron chi connectivity index (χ3n) is 5.43. The molecular weight excluding hydrogens is 308 g/mol. The minimum atomic E-state index is -0.766. The van der Waals surface area contributed by atoms with Crippen LogP contribution in [0.25, 0.3) is 0 Å². The fourth-order valence-corrected chi connectivity index (χ4v) is 4.13. The number of hydrogen-bond donors (Lipinski definition) is 3. The number of carboxylic acids is 1. The molecule has 2 fully saturated rings. The van der Waals surface area contributed by atoms with E-state index in [1.807, 2.05) is 19.1 Å². The Kier molecular flexibility index (Phi) is 4.39. The maximum atomic E-state index is 12.5. The summed E-state index contributed by atoms with van der Waals surface area (Å²) < 4.78 is 0. The highest BCUT2D eigenvalue weighted by Crippen LogP contribution is 2.48. The van der Waals surface area contributed by atoms with Crippen LogP contribution in [0.15, 0.2) is 24.3 Å². The Bertz CT molecular complexity index is 630. The van der Waals surface area contributed by atoms with Crippen LogP contribution < -0.4 is 5.32 Å². The lowest BCUT2D eigenvalue weighted by Gasteiger charge is -2.24. The van der Waals surface area contributed by atoms with Crippen LogP contribution in [0.4, 0.5) is 4.79 Å². The lowest BCUT2D eigenvalue weighted by Crippen LogP contribution is -2.45. The van der Waals surface area contributed by atoms with E-state index >= 15 is 0 Å². The van der Waals surface area contributed by atoms with Crippen molar-refractivity contribution >= 4 is 12.0 Å². The molecule has 1 aromatic rings. The van der Waals surface area contributed by atoms with E-state index in [1.165, 1.54) is 0 Å². The van der Waals surface area contributed by atoms with Gasteiger partial charge in [0.2, 0.25) is 0 Å². The summed E-state index contributed by atoms with van der Waals surface area (Å²) in [6.07, 6.45) is 3.15. The summed E-state index contributed by atoms with van der Waals surface area (Å²) in [5.41, 5.74) is 0.290. The van der Waals surface area contributed by atoms with Crippen LogP contribution in [0.1, 0.15) is 31.7 Å². The maximum Gasteiger partial charge on any atom is 0.317 e. The Morgan fingerprint density at radius 3 is 2.71 bits per heavy atom. The summed E-state index contributed by atoms with van der Waals surface area (Å²) in [6.45, 7) is 2.77. The summed E-state index contributed by atoms with van der Waals surface area (Å²) >= 11 is 0. The molecule has 1 unspecified atom stereocenters. The molecule has 0 spiro atoms. The van der Waals surface area contributed by atoms with Crippen molar-refractivity contribution < 1.29 is 19.8 Å². The first kappa shape index (κ1) is 16.6. The highest BCUT2D eigenvalue weighted by molar-refractivity contribution is 5.80. The molecule has 1 heterocycles. The van der Waals surface area contributed by atoms with E-state index in [0.717, 1.165) is 18.4 Å². The lowest BCUT2D eigenvalue weighted by atomic mass is 9.81. The normalized spacial score (nSPS) is 26.9. The fourth-order valence-electron chi connectivity index (χ4n) is 4.13. The molecule has 0 bridgehead atoms. The summed E-state index contributed by atoms with van der Waals surface area (Å²) in [5.74, 6) is -0.469. The van der Waals surface area contributed by atoms with E-state index in [4.69, 9.17) is 0 Å². The first-order valence-electron chi connectivity index (χ1n) is 8.47. The number of likely N-dealkylation sites (tertiary alicyclic amines) is 1. The van der Waals surface area contributed by atoms with Gasteiger partial charge in [0, 0.05) is 19.1 Å². The van der Waals surface area contributed by atoms with E-state index in [2.05, 4.69) is 5.32 Å². The quantitative estimate of drug-likeness (QED) is 0.788. The van der Waals surface area contributed by atoms with Gasteiger partial charge in [-0.15, -0.1) is 0 Å². The van der Waals surface area contributed by atoms with Crippen molar-refractivity contribution in [2.75, 3.05) is 13.1 Å². The average molecular weight is 332 g/mol. The van der Waals surface area contributed by atoms with E-state index in [9.17, 15) is 19.8 Å². The van der Waals surface area contributed by atoms with E-state index in [-0.39, 0.29) is 23.7 Å². The number of carbonyl (C=O) groups is 2. The number of nitrogens with zero attached hydrogens (tertiary/aromatic N) is 1. The number of aromatic hydroxyl groups is 1. The fraction of sp³-hybridized carbons (Fsp3) is 0.556. The van der Waals surface area contributed by atoms with Gasteiger partial charge in [-0.1, -0.05) is 18.6 Å². The number of nitrogens with one attached hydrogen (secondary N) is 1. The van der Waals surface area contributed by atoms with Crippen LogP contribution in [0, 0.1) is 11.3 Å². The highest BCUT2D eigenvalue weighted by atomic mass is 16.4. The van der Waals surface area contributed by atoms with Crippen molar-refractivity contribution in [1.29, 1.82) is 0 Å². The van der Waals surface area contributed by atoms with Gasteiger partial charge in [-0.2, -0.15) is 0 Å². The van der Waals surface area contributed by atoms with Gasteiger partial charge in [0.25, 0.3) is 0 Å². The molecule has 1 aliphatic carbocycles. The van der Waals surface area contributed by atoms with Gasteiger partial charge in [0.1, 0.15) is 5.75 Å². The van der Waals surface area contributed by atoms with Crippen LogP contribution in [0.3, 0.4) is 0 Å². The van der Waals surface area contributed by atoms with Gasteiger partial charge in [0.05, 0.1) is 5.41 Å². The SMILES string of the molecule is CC(Cc1ccc(O)cc1)NC(=O)N1C[C@@H]2CCC[C@@]2(C(=O)O)C1. The Morgan fingerprint density at radius 2 is 2.08 bits per heavy atom. The Hall–Kier alpha value is -2.24. The van der Waals surface area contributed by atoms with Crippen molar-refractivity contribution in [3.63, 3.8) is 0 Å². The van der Waals surface area contributed by atoms with Gasteiger partial charge in [-0.05, 0) is 49.8 Å². The largest absolute Gasteiger partial charge is 0.508 e. The first-order valence-corrected chi connectivity index (χ1v) is 8.47. The van der Waals surface area contributed by atoms with Crippen LogP contribution in [0.2, 0.25) is 0 Å². The third kappa shape index (κ3) is 3.05. The monoisotopic (exact) mass is 332 g/mol. The molecule has 2 amide bonds. The third-order valence-corrected chi connectivity index (χ3v) is 5.43. The molecule has 0 radical (unpaired) electrons. The summed E-state index contributed by atoms with van der Waals surface area (Å²) in [7, 11) is 0. The van der Waals surface area contributed by atoms with Gasteiger partial charge in [0.15, 0.2) is 0 Å². The second kappa shape index (κ2) is 6.34. The van der Waals surface area contributed by atoms with Crippen molar-refractivity contribution in [1.82, 2.24) is 10.2 Å². The number of fused-ring (bicyclic) bond motifs is 1. The molecule has 0 aromatic heterocycles. The zero-order valence-electron chi connectivity index (χ0n) is 13.9. The summed E-state index contributed by atoms with van der Waals surface area (Å²) in [6, 6.07) is 6.67. The van der Waals surface area contributed by atoms with E-state index in [0.29, 0.717) is 25.9 Å². The molecule has 1 saturated carbocycles. The van der Waals surface area contributed by atoms with Gasteiger partial charge < -0.3 is 20.4 Å². The molecule has 1 aromatic carbocycles. The maximum absolute atomic E-state index is 12.5. The van der Waals surface area contributed by atoms with Crippen LogP contribution >= 0.6 is 0 Å². The molecule has 1 saturated heterocycles.